The first-order valence-electron chi connectivity index (χ1n) is 9.08. The minimum Gasteiger partial charge on any atom is -0.483 e. The highest BCUT2D eigenvalue weighted by molar-refractivity contribution is 5.83. The maximum Gasteiger partial charge on any atom is 0.290 e. The average molecular weight is 395 g/mol. The number of nitrogens with two attached hydrogens (primary N) is 1. The Labute approximate surface area is 170 Å². The first kappa shape index (κ1) is 21.7. The van der Waals surface area contributed by atoms with Crippen molar-refractivity contribution < 1.29 is 14.7 Å². The van der Waals surface area contributed by atoms with E-state index in [2.05, 4.69) is 17.1 Å². The van der Waals surface area contributed by atoms with Crippen LogP contribution in [0.2, 0.25) is 0 Å². The van der Waals surface area contributed by atoms with Gasteiger partial charge in [-0.25, -0.2) is 4.98 Å². The summed E-state index contributed by atoms with van der Waals surface area (Å²) < 4.78 is 0. The van der Waals surface area contributed by atoms with Crippen LogP contribution in [0.1, 0.15) is 29.3 Å². The molecule has 3 N–H and O–H groups in total. The van der Waals surface area contributed by atoms with Crippen LogP contribution in [-0.2, 0) is 22.6 Å². The van der Waals surface area contributed by atoms with Crippen LogP contribution in [0, 0.1) is 18.3 Å². The number of aryl methyl sites for hydroxylation is 1. The van der Waals surface area contributed by atoms with Crippen molar-refractivity contribution in [2.24, 2.45) is 0 Å². The van der Waals surface area contributed by atoms with Gasteiger partial charge in [-0.15, -0.1) is 0 Å². The Morgan fingerprint density at radius 3 is 2.59 bits per heavy atom. The largest absolute Gasteiger partial charge is 0.483 e. The molecule has 0 saturated heterocycles. The summed E-state index contributed by atoms with van der Waals surface area (Å²) in [5.74, 6) is 0.283. The molecule has 0 unspecified atom stereocenters. The Kier molecular flexibility index (Phi) is 6.78. The maximum absolute atomic E-state index is 11.9. The lowest BCUT2D eigenvalue weighted by Gasteiger charge is -2.30. The molecule has 8 heteroatoms. The number of carbonyl (C=O) groups excluding carboxylic acids is 1. The summed E-state index contributed by atoms with van der Waals surface area (Å²) in [6.07, 6.45) is 0.645. The highest BCUT2D eigenvalue weighted by Gasteiger charge is 2.27. The number of pyridine rings is 1. The molecule has 3 rings (SSSR count). The quantitative estimate of drug-likeness (QED) is 0.747. The van der Waals surface area contributed by atoms with Crippen molar-refractivity contribution in [1.29, 1.82) is 5.26 Å². The van der Waals surface area contributed by atoms with Gasteiger partial charge in [0.25, 0.3) is 6.47 Å². The second kappa shape index (κ2) is 9.06. The molecule has 2 heterocycles. The number of nitrogen functional groups attached to an aromatic ring is 1. The molecule has 0 atom stereocenters. The van der Waals surface area contributed by atoms with Gasteiger partial charge in [-0.3, -0.25) is 9.59 Å². The van der Waals surface area contributed by atoms with Crippen LogP contribution in [0.4, 0.5) is 11.5 Å². The molecule has 0 spiro atoms. The van der Waals surface area contributed by atoms with E-state index in [1.807, 2.05) is 38.1 Å². The Bertz CT molecular complexity index is 979. The standard InChI is InChI=1S/C20H23N5O.CH2O2/c1-12-9-14(24(3)4)5-6-15(12)19-16(10-21)20(22)23-18-7-8-25(13(2)26)11-17(18)19;2-1-3/h5-6,9H,7-8,11H2,1-4H3,(H2,22,23);1H,(H,2,3). The van der Waals surface area contributed by atoms with Crippen molar-refractivity contribution in [3.8, 4) is 17.2 Å². The van der Waals surface area contributed by atoms with Crippen molar-refractivity contribution in [2.45, 2.75) is 26.8 Å². The Morgan fingerprint density at radius 1 is 1.41 bits per heavy atom. The van der Waals surface area contributed by atoms with Gasteiger partial charge in [0.1, 0.15) is 17.5 Å². The van der Waals surface area contributed by atoms with E-state index in [1.165, 1.54) is 0 Å². The maximum atomic E-state index is 11.9. The number of carboxylic acid groups (broad SMARTS) is 1. The van der Waals surface area contributed by atoms with E-state index in [1.54, 1.807) is 11.8 Å². The van der Waals surface area contributed by atoms with Crippen LogP contribution in [0.3, 0.4) is 0 Å². The third kappa shape index (κ3) is 4.46. The SMILES string of the molecule is CC(=O)N1CCc2nc(N)c(C#N)c(-c3ccc(N(C)C)cc3C)c2C1.O=CO. The third-order valence-electron chi connectivity index (χ3n) is 4.93. The van der Waals surface area contributed by atoms with Crippen molar-refractivity contribution in [2.75, 3.05) is 31.3 Å². The average Bonchev–Trinajstić information content (AvgIpc) is 2.67. The highest BCUT2D eigenvalue weighted by Crippen LogP contribution is 2.37. The summed E-state index contributed by atoms with van der Waals surface area (Å²) in [4.78, 5) is 28.5. The van der Waals surface area contributed by atoms with E-state index >= 15 is 0 Å². The van der Waals surface area contributed by atoms with Crippen LogP contribution >= 0.6 is 0 Å². The smallest absolute Gasteiger partial charge is 0.290 e. The number of hydrogen-bond donors (Lipinski definition) is 2. The number of nitriles is 1. The zero-order valence-electron chi connectivity index (χ0n) is 17.1. The van der Waals surface area contributed by atoms with Crippen molar-refractivity contribution >= 4 is 23.9 Å². The number of rotatable bonds is 2. The lowest BCUT2D eigenvalue weighted by atomic mass is 9.88. The summed E-state index contributed by atoms with van der Waals surface area (Å²) in [5, 5.41) is 16.6. The number of carbonyl (C=O) groups is 2. The predicted molar refractivity (Wildman–Crippen MR) is 111 cm³/mol. The molecule has 1 aliphatic rings. The molecule has 8 nitrogen and oxygen atoms in total. The van der Waals surface area contributed by atoms with E-state index in [9.17, 15) is 10.1 Å². The fourth-order valence-corrected chi connectivity index (χ4v) is 3.47. The van der Waals surface area contributed by atoms with Crippen LogP contribution in [0.5, 0.6) is 0 Å². The summed E-state index contributed by atoms with van der Waals surface area (Å²) >= 11 is 0. The van der Waals surface area contributed by atoms with Crippen molar-refractivity contribution in [1.82, 2.24) is 9.88 Å². The molecular weight excluding hydrogens is 370 g/mol. The number of fused-ring (bicyclic) bond motifs is 1. The molecule has 2 aromatic rings. The van der Waals surface area contributed by atoms with Gasteiger partial charge in [-0.1, -0.05) is 6.07 Å². The van der Waals surface area contributed by atoms with Crippen LogP contribution < -0.4 is 10.6 Å². The molecule has 1 aliphatic heterocycles. The second-order valence-electron chi connectivity index (χ2n) is 6.97. The number of amides is 1. The molecule has 0 fully saturated rings. The molecule has 1 amide bonds. The summed E-state index contributed by atoms with van der Waals surface area (Å²) in [7, 11) is 3.98. The van der Waals surface area contributed by atoms with Gasteiger partial charge in [0.05, 0.1) is 5.69 Å². The molecule has 0 aliphatic carbocycles. The Hall–Kier alpha value is -3.60. The number of anilines is 2. The Morgan fingerprint density at radius 2 is 2.07 bits per heavy atom. The van der Waals surface area contributed by atoms with Crippen LogP contribution in [0.15, 0.2) is 18.2 Å². The van der Waals surface area contributed by atoms with Gasteiger partial charge in [-0.2, -0.15) is 5.26 Å². The third-order valence-corrected chi connectivity index (χ3v) is 4.93. The van der Waals surface area contributed by atoms with E-state index < -0.39 is 0 Å². The van der Waals surface area contributed by atoms with Gasteiger partial charge in [0.15, 0.2) is 0 Å². The lowest BCUT2D eigenvalue weighted by Crippen LogP contribution is -2.35. The molecule has 0 radical (unpaired) electrons. The summed E-state index contributed by atoms with van der Waals surface area (Å²) in [6.45, 7) is 4.42. The summed E-state index contributed by atoms with van der Waals surface area (Å²) in [5.41, 5.74) is 12.2. The van der Waals surface area contributed by atoms with E-state index in [0.717, 1.165) is 33.6 Å². The van der Waals surface area contributed by atoms with Crippen molar-refractivity contribution in [3.05, 3.63) is 40.6 Å². The van der Waals surface area contributed by atoms with Gasteiger partial charge >= 0.3 is 0 Å². The molecule has 152 valence electrons. The van der Waals surface area contributed by atoms with Crippen LogP contribution in [-0.4, -0.2) is 48.0 Å². The molecule has 0 bridgehead atoms. The topological polar surface area (TPSA) is 124 Å². The summed E-state index contributed by atoms with van der Waals surface area (Å²) in [6, 6.07) is 8.36. The fourth-order valence-electron chi connectivity index (χ4n) is 3.47. The van der Waals surface area contributed by atoms with E-state index in [-0.39, 0.29) is 18.2 Å². The van der Waals surface area contributed by atoms with E-state index in [4.69, 9.17) is 15.6 Å². The molecule has 1 aromatic heterocycles. The van der Waals surface area contributed by atoms with E-state index in [0.29, 0.717) is 25.1 Å². The second-order valence-corrected chi connectivity index (χ2v) is 6.97. The Balaban J connectivity index is 0.000000941. The highest BCUT2D eigenvalue weighted by atomic mass is 16.3. The molecule has 29 heavy (non-hydrogen) atoms. The number of hydrogen-bond acceptors (Lipinski definition) is 6. The number of benzene rings is 1. The minimum atomic E-state index is -0.250. The number of aromatic nitrogens is 1. The fraction of sp³-hybridized carbons (Fsp3) is 0.333. The first-order valence-corrected chi connectivity index (χ1v) is 9.08. The normalized spacial score (nSPS) is 12.2. The first-order chi connectivity index (χ1) is 13.7. The number of nitrogens with zero attached hydrogens (tertiary/aromatic N) is 4. The molecule has 1 aromatic carbocycles. The zero-order chi connectivity index (χ0) is 21.7. The monoisotopic (exact) mass is 395 g/mol. The van der Waals surface area contributed by atoms with Crippen molar-refractivity contribution in [3.63, 3.8) is 0 Å². The molecular formula is C21H25N5O3. The zero-order valence-corrected chi connectivity index (χ0v) is 17.1. The van der Waals surface area contributed by atoms with Gasteiger partial charge in [-0.05, 0) is 30.2 Å². The molecule has 0 saturated carbocycles. The van der Waals surface area contributed by atoms with Gasteiger partial charge in [0, 0.05) is 57.3 Å². The van der Waals surface area contributed by atoms with Gasteiger partial charge < -0.3 is 20.6 Å². The predicted octanol–water partition coefficient (Wildman–Crippen LogP) is 2.18. The lowest BCUT2D eigenvalue weighted by molar-refractivity contribution is -0.129. The minimum absolute atomic E-state index is 0.0246. The van der Waals surface area contributed by atoms with Crippen LogP contribution in [0.25, 0.3) is 11.1 Å². The van der Waals surface area contributed by atoms with Gasteiger partial charge in [0.2, 0.25) is 5.91 Å².